The van der Waals surface area contributed by atoms with Crippen LogP contribution in [-0.2, 0) is 30.4 Å². The second-order valence-corrected chi connectivity index (χ2v) is 6.65. The van der Waals surface area contributed by atoms with Crippen LogP contribution < -0.4 is 0 Å². The molecule has 0 aliphatic carbocycles. The number of hydrogen-bond donors (Lipinski definition) is 0. The highest BCUT2D eigenvalue weighted by atomic mass is 32.2. The molecule has 5 nitrogen and oxygen atoms in total. The van der Waals surface area contributed by atoms with Gasteiger partial charge in [0.25, 0.3) is 0 Å². The van der Waals surface area contributed by atoms with E-state index in [0.29, 0.717) is 5.56 Å². The van der Waals surface area contributed by atoms with E-state index < -0.39 is 33.6 Å². The zero-order valence-corrected chi connectivity index (χ0v) is 14.1. The Balaban J connectivity index is 2.91. The van der Waals surface area contributed by atoms with Crippen molar-refractivity contribution in [1.29, 1.82) is 0 Å². The van der Waals surface area contributed by atoms with Crippen LogP contribution in [0, 0.1) is 5.92 Å². The van der Waals surface area contributed by atoms with Gasteiger partial charge in [0.1, 0.15) is 6.61 Å². The molecule has 0 spiro atoms. The molecule has 0 aliphatic heterocycles. The van der Waals surface area contributed by atoms with Gasteiger partial charge >= 0.3 is 21.6 Å². The van der Waals surface area contributed by atoms with Crippen LogP contribution in [0.1, 0.15) is 32.3 Å². The molecule has 0 aliphatic rings. The van der Waals surface area contributed by atoms with E-state index in [9.17, 15) is 26.4 Å². The van der Waals surface area contributed by atoms with Crippen molar-refractivity contribution in [2.45, 2.75) is 44.9 Å². The maximum Gasteiger partial charge on any atom is 0.523 e. The molecule has 0 aromatic heterocycles. The van der Waals surface area contributed by atoms with E-state index in [1.54, 1.807) is 44.2 Å². The van der Waals surface area contributed by atoms with E-state index >= 15 is 0 Å². The number of hydrogen-bond acceptors (Lipinski definition) is 5. The topological polar surface area (TPSA) is 69.7 Å². The minimum absolute atomic E-state index is 0.189. The number of rotatable bonds is 8. The Kier molecular flexibility index (Phi) is 7.22. The molecule has 1 unspecified atom stereocenters. The van der Waals surface area contributed by atoms with E-state index in [2.05, 4.69) is 4.18 Å². The summed E-state index contributed by atoms with van der Waals surface area (Å²) in [7, 11) is -5.89. The molecular weight excluding hydrogens is 349 g/mol. The summed E-state index contributed by atoms with van der Waals surface area (Å²) < 4.78 is 69.1. The van der Waals surface area contributed by atoms with Gasteiger partial charge < -0.3 is 4.74 Å². The van der Waals surface area contributed by atoms with Crippen LogP contribution >= 0.6 is 0 Å². The summed E-state index contributed by atoms with van der Waals surface area (Å²) in [5.74, 6) is -1.86. The lowest BCUT2D eigenvalue weighted by molar-refractivity contribution is -0.157. The summed E-state index contributed by atoms with van der Waals surface area (Å²) in [6.07, 6.45) is -1.32. The summed E-state index contributed by atoms with van der Waals surface area (Å²) in [5.41, 5.74) is -4.98. The van der Waals surface area contributed by atoms with Crippen LogP contribution in [0.2, 0.25) is 0 Å². The number of halogens is 3. The standard InChI is InChI=1S/C15H19F3O5S/c1-3-12(4-2)13(23-24(20,21)15(16,17)18)14(19)22-10-11-8-6-5-7-9-11/h5-9,12-13H,3-4,10H2,1-2H3. The third-order valence-corrected chi connectivity index (χ3v) is 4.47. The van der Waals surface area contributed by atoms with Gasteiger partial charge in [-0.05, 0) is 11.5 Å². The Bertz CT molecular complexity index is 624. The van der Waals surface area contributed by atoms with Crippen LogP contribution in [0.15, 0.2) is 30.3 Å². The highest BCUT2D eigenvalue weighted by molar-refractivity contribution is 7.87. The maximum atomic E-state index is 12.5. The molecule has 0 N–H and O–H groups in total. The van der Waals surface area contributed by atoms with Gasteiger partial charge in [0.2, 0.25) is 0 Å². The van der Waals surface area contributed by atoms with Crippen molar-refractivity contribution in [3.8, 4) is 0 Å². The molecular formula is C15H19F3O5S. The Hall–Kier alpha value is -1.61. The molecule has 136 valence electrons. The number of carbonyl (C=O) groups is 1. The molecule has 0 saturated carbocycles. The summed E-state index contributed by atoms with van der Waals surface area (Å²) in [6, 6.07) is 8.47. The molecule has 1 aromatic carbocycles. The van der Waals surface area contributed by atoms with Crippen molar-refractivity contribution in [3.05, 3.63) is 35.9 Å². The lowest BCUT2D eigenvalue weighted by atomic mass is 9.97. The third-order valence-electron chi connectivity index (χ3n) is 3.45. The molecule has 0 heterocycles. The van der Waals surface area contributed by atoms with Crippen LogP contribution in [0.3, 0.4) is 0 Å². The Morgan fingerprint density at radius 1 is 1.12 bits per heavy atom. The number of benzene rings is 1. The van der Waals surface area contributed by atoms with Gasteiger partial charge in [-0.1, -0.05) is 57.0 Å². The van der Waals surface area contributed by atoms with Gasteiger partial charge in [-0.3, -0.25) is 0 Å². The number of carbonyl (C=O) groups excluding carboxylic acids is 1. The zero-order chi connectivity index (χ0) is 18.4. The van der Waals surface area contributed by atoms with Crippen LogP contribution in [0.5, 0.6) is 0 Å². The molecule has 0 saturated heterocycles. The van der Waals surface area contributed by atoms with Crippen molar-refractivity contribution in [3.63, 3.8) is 0 Å². The van der Waals surface area contributed by atoms with E-state index in [1.165, 1.54) is 0 Å². The second kappa shape index (κ2) is 8.48. The minimum atomic E-state index is -5.89. The van der Waals surface area contributed by atoms with Crippen LogP contribution in [0.25, 0.3) is 0 Å². The monoisotopic (exact) mass is 368 g/mol. The first-order valence-electron chi connectivity index (χ1n) is 7.32. The molecule has 0 bridgehead atoms. The predicted octanol–water partition coefficient (Wildman–Crippen LogP) is 3.40. The lowest BCUT2D eigenvalue weighted by Crippen LogP contribution is -2.39. The van der Waals surface area contributed by atoms with E-state index in [0.717, 1.165) is 0 Å². The summed E-state index contributed by atoms with van der Waals surface area (Å²) in [4.78, 5) is 12.1. The number of esters is 1. The molecule has 9 heteroatoms. The highest BCUT2D eigenvalue weighted by Crippen LogP contribution is 2.29. The Morgan fingerprint density at radius 2 is 1.67 bits per heavy atom. The van der Waals surface area contributed by atoms with Crippen molar-refractivity contribution in [2.24, 2.45) is 5.92 Å². The largest absolute Gasteiger partial charge is 0.523 e. The fraction of sp³-hybridized carbons (Fsp3) is 0.533. The smallest absolute Gasteiger partial charge is 0.459 e. The first-order valence-corrected chi connectivity index (χ1v) is 8.73. The van der Waals surface area contributed by atoms with Crippen LogP contribution in [0.4, 0.5) is 13.2 Å². The third kappa shape index (κ3) is 5.48. The molecule has 24 heavy (non-hydrogen) atoms. The lowest BCUT2D eigenvalue weighted by Gasteiger charge is -2.23. The van der Waals surface area contributed by atoms with Gasteiger partial charge in [0.15, 0.2) is 6.10 Å². The average Bonchev–Trinajstić information content (AvgIpc) is 2.52. The van der Waals surface area contributed by atoms with Gasteiger partial charge in [0.05, 0.1) is 0 Å². The second-order valence-electron chi connectivity index (χ2n) is 5.09. The quantitative estimate of drug-likeness (QED) is 0.400. The van der Waals surface area contributed by atoms with E-state index in [-0.39, 0.29) is 19.4 Å². The van der Waals surface area contributed by atoms with Gasteiger partial charge in [-0.25, -0.2) is 8.98 Å². The summed E-state index contributed by atoms with van der Waals surface area (Å²) in [5, 5.41) is 0. The number of alkyl halides is 3. The number of ether oxygens (including phenoxy) is 1. The molecule has 0 radical (unpaired) electrons. The van der Waals surface area contributed by atoms with Crippen molar-refractivity contribution in [2.75, 3.05) is 0 Å². The van der Waals surface area contributed by atoms with Crippen molar-refractivity contribution in [1.82, 2.24) is 0 Å². The SMILES string of the molecule is CCC(CC)C(OS(=O)(=O)C(F)(F)F)C(=O)OCc1ccccc1. The Morgan fingerprint density at radius 3 is 2.12 bits per heavy atom. The molecule has 0 amide bonds. The highest BCUT2D eigenvalue weighted by Gasteiger charge is 2.50. The average molecular weight is 368 g/mol. The van der Waals surface area contributed by atoms with E-state index in [4.69, 9.17) is 4.74 Å². The minimum Gasteiger partial charge on any atom is -0.459 e. The van der Waals surface area contributed by atoms with Crippen molar-refractivity contribution < 1.29 is 35.3 Å². The fourth-order valence-electron chi connectivity index (χ4n) is 2.03. The first-order chi connectivity index (χ1) is 11.1. The Labute approximate surface area is 138 Å². The molecule has 1 atom stereocenters. The fourth-order valence-corrected chi connectivity index (χ4v) is 2.65. The van der Waals surface area contributed by atoms with Gasteiger partial charge in [-0.15, -0.1) is 0 Å². The zero-order valence-electron chi connectivity index (χ0n) is 13.2. The van der Waals surface area contributed by atoms with Crippen LogP contribution in [-0.4, -0.2) is 26.0 Å². The van der Waals surface area contributed by atoms with Gasteiger partial charge in [-0.2, -0.15) is 21.6 Å². The van der Waals surface area contributed by atoms with Gasteiger partial charge in [0, 0.05) is 0 Å². The molecule has 1 rings (SSSR count). The molecule has 1 aromatic rings. The first kappa shape index (κ1) is 20.4. The maximum absolute atomic E-state index is 12.5. The normalized spacial score (nSPS) is 13.8. The van der Waals surface area contributed by atoms with E-state index in [1.807, 2.05) is 0 Å². The molecule has 0 fully saturated rings. The predicted molar refractivity (Wildman–Crippen MR) is 80.2 cm³/mol. The van der Waals surface area contributed by atoms with Crippen molar-refractivity contribution >= 4 is 16.1 Å². The summed E-state index contributed by atoms with van der Waals surface area (Å²) in [6.45, 7) is 3.05. The summed E-state index contributed by atoms with van der Waals surface area (Å²) >= 11 is 0.